The van der Waals surface area contributed by atoms with Crippen molar-refractivity contribution in [3.63, 3.8) is 0 Å². The van der Waals surface area contributed by atoms with Crippen molar-refractivity contribution < 1.29 is 17.7 Å². The van der Waals surface area contributed by atoms with Crippen LogP contribution in [0.3, 0.4) is 0 Å². The number of halogens is 3. The van der Waals surface area contributed by atoms with Crippen molar-refractivity contribution in [2.24, 2.45) is 0 Å². The quantitative estimate of drug-likeness (QED) is 0.625. The fourth-order valence-electron chi connectivity index (χ4n) is 3.05. The summed E-state index contributed by atoms with van der Waals surface area (Å²) in [4.78, 5) is 6.06. The minimum atomic E-state index is -4.41. The Labute approximate surface area is 163 Å². The van der Waals surface area contributed by atoms with E-state index >= 15 is 0 Å². The first kappa shape index (κ1) is 18.8. The van der Waals surface area contributed by atoms with Gasteiger partial charge in [0.25, 0.3) is 0 Å². The Balaban J connectivity index is 1.49. The third kappa shape index (κ3) is 4.00. The van der Waals surface area contributed by atoms with Crippen molar-refractivity contribution in [2.75, 3.05) is 29.5 Å². The zero-order chi connectivity index (χ0) is 19.7. The molecule has 5 nitrogen and oxygen atoms in total. The molecule has 0 spiro atoms. The molecule has 4 rings (SSSR count). The molecule has 1 saturated heterocycles. The van der Waals surface area contributed by atoms with Crippen molar-refractivity contribution in [3.05, 3.63) is 60.6 Å². The number of rotatable bonds is 3. The summed E-state index contributed by atoms with van der Waals surface area (Å²) in [5.74, 6) is 1.70. The summed E-state index contributed by atoms with van der Waals surface area (Å²) in [5, 5.41) is 4.20. The standard InChI is InChI=1S/C19H17F3N4OS/c20-19(21,22)16-3-6-18(23-12-16)26-13-15(11-24-26)14-1-4-17(5-2-14)25-7-9-28(27)10-8-25/h1-6,11-13H,7-10H2. The van der Waals surface area contributed by atoms with Crippen LogP contribution in [0.2, 0.25) is 0 Å². The summed E-state index contributed by atoms with van der Waals surface area (Å²) < 4.78 is 50.9. The lowest BCUT2D eigenvalue weighted by Crippen LogP contribution is -2.40. The first-order valence-electron chi connectivity index (χ1n) is 8.69. The predicted octanol–water partition coefficient (Wildman–Crippen LogP) is 3.52. The third-order valence-electron chi connectivity index (χ3n) is 4.64. The molecule has 3 heterocycles. The summed E-state index contributed by atoms with van der Waals surface area (Å²) in [6, 6.07) is 10.3. The Bertz CT molecular complexity index is 933. The number of pyridine rings is 1. The van der Waals surface area contributed by atoms with Crippen molar-refractivity contribution in [1.29, 1.82) is 0 Å². The Hall–Kier alpha value is -2.52. The molecule has 0 unspecified atom stereocenters. The van der Waals surface area contributed by atoms with Crippen molar-refractivity contribution in [1.82, 2.24) is 14.8 Å². The molecule has 0 N–H and O–H groups in total. The molecule has 1 aliphatic heterocycles. The van der Waals surface area contributed by atoms with E-state index in [1.54, 1.807) is 12.4 Å². The van der Waals surface area contributed by atoms with Gasteiger partial charge in [0.1, 0.15) is 11.5 Å². The number of nitrogens with zero attached hydrogens (tertiary/aromatic N) is 4. The molecule has 9 heteroatoms. The average molecular weight is 406 g/mol. The number of aromatic nitrogens is 3. The lowest BCUT2D eigenvalue weighted by Gasteiger charge is -2.30. The fraction of sp³-hybridized carbons (Fsp3) is 0.263. The van der Waals surface area contributed by atoms with Gasteiger partial charge in [-0.15, -0.1) is 0 Å². The zero-order valence-corrected chi connectivity index (χ0v) is 15.6. The molecule has 0 aliphatic carbocycles. The number of hydrogen-bond acceptors (Lipinski definition) is 4. The molecule has 146 valence electrons. The van der Waals surface area contributed by atoms with Gasteiger partial charge in [-0.1, -0.05) is 23.3 Å². The molecule has 3 aromatic rings. The van der Waals surface area contributed by atoms with Crippen LogP contribution >= 0.6 is 0 Å². The predicted molar refractivity (Wildman–Crippen MR) is 102 cm³/mol. The van der Waals surface area contributed by atoms with Gasteiger partial charge in [0.05, 0.1) is 24.8 Å². The fourth-order valence-corrected chi connectivity index (χ4v) is 4.10. The Morgan fingerprint density at radius 1 is 0.929 bits per heavy atom. The summed E-state index contributed by atoms with van der Waals surface area (Å²) in [7, 11) is 0. The topological polar surface area (TPSA) is 57.0 Å². The van der Waals surface area contributed by atoms with E-state index in [0.717, 1.165) is 42.2 Å². The van der Waals surface area contributed by atoms with Crippen LogP contribution in [-0.2, 0) is 17.4 Å². The Kier molecular flexibility index (Phi) is 5.03. The lowest BCUT2D eigenvalue weighted by molar-refractivity contribution is -0.137. The maximum atomic E-state index is 12.7. The van der Waals surface area contributed by atoms with Crippen molar-refractivity contribution >= 4 is 16.9 Å². The average Bonchev–Trinajstić information content (AvgIpc) is 3.18. The van der Waals surface area contributed by atoms with Crippen LogP contribution in [0.25, 0.3) is 16.9 Å². The minimum Gasteiger partial charge on any atom is -0.616 e. The highest BCUT2D eigenvalue weighted by Gasteiger charge is 2.30. The lowest BCUT2D eigenvalue weighted by atomic mass is 10.1. The molecule has 1 aliphatic rings. The van der Waals surface area contributed by atoms with Crippen molar-refractivity contribution in [2.45, 2.75) is 6.18 Å². The maximum absolute atomic E-state index is 12.7. The largest absolute Gasteiger partial charge is 0.616 e. The highest BCUT2D eigenvalue weighted by atomic mass is 32.2. The van der Waals surface area contributed by atoms with E-state index in [2.05, 4.69) is 15.0 Å². The second-order valence-corrected chi connectivity index (χ2v) is 8.15. The van der Waals surface area contributed by atoms with Gasteiger partial charge in [-0.3, -0.25) is 0 Å². The monoisotopic (exact) mass is 406 g/mol. The number of benzene rings is 1. The van der Waals surface area contributed by atoms with Crippen LogP contribution in [0, 0.1) is 0 Å². The summed E-state index contributed by atoms with van der Waals surface area (Å²) >= 11 is -0.712. The summed E-state index contributed by atoms with van der Waals surface area (Å²) in [6.45, 7) is 1.56. The smallest absolute Gasteiger partial charge is 0.417 e. The van der Waals surface area contributed by atoms with Crippen LogP contribution < -0.4 is 4.90 Å². The van der Waals surface area contributed by atoms with Crippen LogP contribution in [-0.4, -0.2) is 43.9 Å². The second-order valence-electron chi connectivity index (χ2n) is 6.46. The Morgan fingerprint density at radius 2 is 1.64 bits per heavy atom. The van der Waals surface area contributed by atoms with Gasteiger partial charge in [0.2, 0.25) is 0 Å². The molecule has 1 aromatic carbocycles. The number of anilines is 1. The number of hydrogen-bond donors (Lipinski definition) is 0. The van der Waals surface area contributed by atoms with Gasteiger partial charge in [0.15, 0.2) is 5.82 Å². The van der Waals surface area contributed by atoms with E-state index in [1.165, 1.54) is 10.7 Å². The molecule has 2 aromatic heterocycles. The molecular weight excluding hydrogens is 389 g/mol. The van der Waals surface area contributed by atoms with E-state index in [-0.39, 0.29) is 0 Å². The maximum Gasteiger partial charge on any atom is 0.417 e. The molecule has 28 heavy (non-hydrogen) atoms. The second kappa shape index (κ2) is 7.48. The van der Waals surface area contributed by atoms with E-state index < -0.39 is 22.9 Å². The highest BCUT2D eigenvalue weighted by molar-refractivity contribution is 7.91. The molecule has 0 saturated carbocycles. The molecule has 1 fully saturated rings. The van der Waals surface area contributed by atoms with Crippen LogP contribution in [0.5, 0.6) is 0 Å². The summed E-state index contributed by atoms with van der Waals surface area (Å²) in [5.41, 5.74) is 2.08. The molecule has 0 amide bonds. The van der Waals surface area contributed by atoms with Crippen LogP contribution in [0.15, 0.2) is 55.0 Å². The zero-order valence-electron chi connectivity index (χ0n) is 14.8. The Morgan fingerprint density at radius 3 is 2.25 bits per heavy atom. The highest BCUT2D eigenvalue weighted by Crippen LogP contribution is 2.29. The van der Waals surface area contributed by atoms with Gasteiger partial charge < -0.3 is 9.45 Å². The van der Waals surface area contributed by atoms with Gasteiger partial charge >= 0.3 is 6.18 Å². The first-order chi connectivity index (χ1) is 13.4. The van der Waals surface area contributed by atoms with Crippen LogP contribution in [0.4, 0.5) is 18.9 Å². The molecule has 0 radical (unpaired) electrons. The minimum absolute atomic E-state index is 0.317. The third-order valence-corrected chi connectivity index (χ3v) is 5.91. The number of alkyl halides is 3. The normalized spacial score (nSPS) is 15.8. The van der Waals surface area contributed by atoms with Gasteiger partial charge in [-0.25, -0.2) is 9.67 Å². The molecule has 0 bridgehead atoms. The van der Waals surface area contributed by atoms with Gasteiger partial charge in [-0.2, -0.15) is 18.3 Å². The van der Waals surface area contributed by atoms with E-state index in [0.29, 0.717) is 17.3 Å². The molecule has 0 atom stereocenters. The SMILES string of the molecule is [O-][S+]1CCN(c2ccc(-c3cnn(-c4ccc(C(F)(F)F)cn4)c3)cc2)CC1. The molecular formula is C19H17F3N4OS. The summed E-state index contributed by atoms with van der Waals surface area (Å²) in [6.07, 6.45) is -0.226. The van der Waals surface area contributed by atoms with Gasteiger partial charge in [-0.05, 0) is 29.8 Å². The van der Waals surface area contributed by atoms with E-state index in [9.17, 15) is 17.7 Å². The van der Waals surface area contributed by atoms with Gasteiger partial charge in [0, 0.05) is 23.6 Å². The van der Waals surface area contributed by atoms with Crippen molar-refractivity contribution in [3.8, 4) is 16.9 Å². The van der Waals surface area contributed by atoms with E-state index in [4.69, 9.17) is 0 Å². The van der Waals surface area contributed by atoms with E-state index in [1.807, 2.05) is 24.3 Å². The van der Waals surface area contributed by atoms with Crippen LogP contribution in [0.1, 0.15) is 5.56 Å². The first-order valence-corrected chi connectivity index (χ1v) is 10.2.